The van der Waals surface area contributed by atoms with Crippen molar-refractivity contribution < 1.29 is 10.2 Å². The van der Waals surface area contributed by atoms with Crippen molar-refractivity contribution in [1.82, 2.24) is 0 Å². The lowest BCUT2D eigenvalue weighted by atomic mass is 9.86. The lowest BCUT2D eigenvalue weighted by molar-refractivity contribution is 0.455. The van der Waals surface area contributed by atoms with Gasteiger partial charge in [0, 0.05) is 5.56 Å². The van der Waals surface area contributed by atoms with E-state index in [0.717, 1.165) is 11.1 Å². The molecule has 0 aliphatic carbocycles. The van der Waals surface area contributed by atoms with Crippen molar-refractivity contribution in [1.29, 1.82) is 0 Å². The van der Waals surface area contributed by atoms with Crippen molar-refractivity contribution in [3.05, 3.63) is 72.3 Å². The van der Waals surface area contributed by atoms with Gasteiger partial charge < -0.3 is 10.2 Å². The first-order chi connectivity index (χ1) is 11.4. The summed E-state index contributed by atoms with van der Waals surface area (Å²) in [5.74, 6) is 0.181. The molecular formula is C22H22O2. The number of aromatic hydroxyl groups is 2. The molecule has 0 saturated heterocycles. The van der Waals surface area contributed by atoms with Crippen molar-refractivity contribution in [2.24, 2.45) is 0 Å². The molecule has 3 rings (SSSR count). The highest BCUT2D eigenvalue weighted by molar-refractivity contribution is 5.85. The van der Waals surface area contributed by atoms with Crippen LogP contribution in [0.15, 0.2) is 66.7 Å². The van der Waals surface area contributed by atoms with Gasteiger partial charge in [0.1, 0.15) is 11.5 Å². The van der Waals surface area contributed by atoms with E-state index >= 15 is 0 Å². The highest BCUT2D eigenvalue weighted by Gasteiger charge is 2.17. The first-order valence-corrected chi connectivity index (χ1v) is 8.09. The second-order valence-electron chi connectivity index (χ2n) is 7.05. The average Bonchev–Trinajstić information content (AvgIpc) is 2.55. The van der Waals surface area contributed by atoms with Crippen LogP contribution in [0.25, 0.3) is 22.3 Å². The fourth-order valence-electron chi connectivity index (χ4n) is 2.85. The number of phenolic OH excluding ortho intramolecular Hbond substituents is 2. The fourth-order valence-corrected chi connectivity index (χ4v) is 2.85. The van der Waals surface area contributed by atoms with E-state index < -0.39 is 0 Å². The molecule has 2 N–H and O–H groups in total. The van der Waals surface area contributed by atoms with Crippen molar-refractivity contribution in [2.45, 2.75) is 26.2 Å². The molecule has 0 aliphatic rings. The van der Waals surface area contributed by atoms with Gasteiger partial charge in [-0.3, -0.25) is 0 Å². The molecule has 24 heavy (non-hydrogen) atoms. The minimum atomic E-state index is 0.0640. The summed E-state index contributed by atoms with van der Waals surface area (Å²) in [6.45, 7) is 6.48. The van der Waals surface area contributed by atoms with Crippen LogP contribution in [-0.4, -0.2) is 10.2 Å². The Morgan fingerprint density at radius 2 is 1.29 bits per heavy atom. The van der Waals surface area contributed by atoms with E-state index in [0.29, 0.717) is 11.1 Å². The molecule has 0 atom stereocenters. The fraction of sp³-hybridized carbons (Fsp3) is 0.182. The summed E-state index contributed by atoms with van der Waals surface area (Å²) in [4.78, 5) is 0. The van der Waals surface area contributed by atoms with Gasteiger partial charge in [-0.15, -0.1) is 0 Å². The predicted molar refractivity (Wildman–Crippen MR) is 99.3 cm³/mol. The van der Waals surface area contributed by atoms with Crippen molar-refractivity contribution in [3.63, 3.8) is 0 Å². The molecular weight excluding hydrogens is 296 g/mol. The zero-order valence-corrected chi connectivity index (χ0v) is 14.2. The summed E-state index contributed by atoms with van der Waals surface area (Å²) in [6, 6.07) is 21.0. The lowest BCUT2D eigenvalue weighted by Crippen LogP contribution is -2.10. The summed E-state index contributed by atoms with van der Waals surface area (Å²) in [7, 11) is 0. The van der Waals surface area contributed by atoms with Crippen molar-refractivity contribution in [2.75, 3.05) is 0 Å². The minimum Gasteiger partial charge on any atom is -0.507 e. The topological polar surface area (TPSA) is 40.5 Å². The Bertz CT molecular complexity index is 842. The molecule has 0 saturated carbocycles. The van der Waals surface area contributed by atoms with Crippen LogP contribution in [0.1, 0.15) is 26.3 Å². The SMILES string of the molecule is CC(C)(C)c1ccc(-c2c(O)ccc(-c3ccccc3)c2O)cc1. The first kappa shape index (κ1) is 16.1. The van der Waals surface area contributed by atoms with E-state index in [2.05, 4.69) is 20.8 Å². The van der Waals surface area contributed by atoms with Crippen LogP contribution < -0.4 is 0 Å². The minimum absolute atomic E-state index is 0.0640. The third kappa shape index (κ3) is 3.00. The monoisotopic (exact) mass is 318 g/mol. The summed E-state index contributed by atoms with van der Waals surface area (Å²) >= 11 is 0. The maximum absolute atomic E-state index is 10.7. The number of benzene rings is 3. The molecule has 2 heteroatoms. The Labute approximate surface area is 143 Å². The summed E-state index contributed by atoms with van der Waals surface area (Å²) in [5, 5.41) is 21.0. The zero-order chi connectivity index (χ0) is 17.3. The highest BCUT2D eigenvalue weighted by atomic mass is 16.3. The predicted octanol–water partition coefficient (Wildman–Crippen LogP) is 5.73. The third-order valence-corrected chi connectivity index (χ3v) is 4.28. The van der Waals surface area contributed by atoms with Gasteiger partial charge in [-0.2, -0.15) is 0 Å². The van der Waals surface area contributed by atoms with Gasteiger partial charge in [-0.25, -0.2) is 0 Å². The second kappa shape index (κ2) is 6.04. The van der Waals surface area contributed by atoms with Crippen LogP contribution in [0.2, 0.25) is 0 Å². The average molecular weight is 318 g/mol. The number of hydrogen-bond acceptors (Lipinski definition) is 2. The van der Waals surface area contributed by atoms with Gasteiger partial charge in [0.05, 0.1) is 5.56 Å². The normalized spacial score (nSPS) is 11.5. The van der Waals surface area contributed by atoms with Gasteiger partial charge in [0.15, 0.2) is 0 Å². The van der Waals surface area contributed by atoms with Gasteiger partial charge >= 0.3 is 0 Å². The Kier molecular flexibility index (Phi) is 4.06. The van der Waals surface area contributed by atoms with Crippen LogP contribution in [0.3, 0.4) is 0 Å². The molecule has 122 valence electrons. The molecule has 0 radical (unpaired) electrons. The standard InChI is InChI=1S/C22H22O2/c1-22(2,3)17-11-9-16(10-12-17)20-19(23)14-13-18(21(20)24)15-7-5-4-6-8-15/h4-14,23-24H,1-3H3. The molecule has 0 unspecified atom stereocenters. The van der Waals surface area contributed by atoms with Crippen molar-refractivity contribution in [3.8, 4) is 33.8 Å². The van der Waals surface area contributed by atoms with Crippen LogP contribution in [0.4, 0.5) is 0 Å². The molecule has 0 bridgehead atoms. The van der Waals surface area contributed by atoms with E-state index in [9.17, 15) is 10.2 Å². The van der Waals surface area contributed by atoms with E-state index in [1.807, 2.05) is 54.6 Å². The summed E-state index contributed by atoms with van der Waals surface area (Å²) in [5.41, 5.74) is 4.18. The molecule has 3 aromatic rings. The van der Waals surface area contributed by atoms with Crippen LogP contribution in [0, 0.1) is 0 Å². The lowest BCUT2D eigenvalue weighted by Gasteiger charge is -2.19. The van der Waals surface area contributed by atoms with Gasteiger partial charge in [-0.05, 0) is 34.2 Å². The molecule has 2 nitrogen and oxygen atoms in total. The third-order valence-electron chi connectivity index (χ3n) is 4.28. The Balaban J connectivity index is 2.11. The number of phenols is 2. The van der Waals surface area contributed by atoms with Gasteiger partial charge in [0.2, 0.25) is 0 Å². The first-order valence-electron chi connectivity index (χ1n) is 8.09. The molecule has 3 aromatic carbocycles. The quantitative estimate of drug-likeness (QED) is 0.633. The van der Waals surface area contributed by atoms with E-state index in [1.54, 1.807) is 12.1 Å². The second-order valence-corrected chi connectivity index (χ2v) is 7.05. The van der Waals surface area contributed by atoms with E-state index in [4.69, 9.17) is 0 Å². The Morgan fingerprint density at radius 3 is 1.88 bits per heavy atom. The molecule has 0 amide bonds. The number of rotatable bonds is 2. The Hall–Kier alpha value is -2.74. The molecule has 0 heterocycles. The van der Waals surface area contributed by atoms with E-state index in [1.165, 1.54) is 5.56 Å². The maximum Gasteiger partial charge on any atom is 0.134 e. The van der Waals surface area contributed by atoms with Crippen LogP contribution >= 0.6 is 0 Å². The zero-order valence-electron chi connectivity index (χ0n) is 14.2. The smallest absolute Gasteiger partial charge is 0.134 e. The van der Waals surface area contributed by atoms with Crippen LogP contribution in [-0.2, 0) is 5.41 Å². The number of hydrogen-bond donors (Lipinski definition) is 2. The Morgan fingerprint density at radius 1 is 0.667 bits per heavy atom. The van der Waals surface area contributed by atoms with E-state index in [-0.39, 0.29) is 16.9 Å². The highest BCUT2D eigenvalue weighted by Crippen LogP contribution is 2.43. The summed E-state index contributed by atoms with van der Waals surface area (Å²) < 4.78 is 0. The molecule has 0 aromatic heterocycles. The van der Waals surface area contributed by atoms with Gasteiger partial charge in [0.25, 0.3) is 0 Å². The van der Waals surface area contributed by atoms with Crippen LogP contribution in [0.5, 0.6) is 11.5 Å². The molecule has 0 fully saturated rings. The summed E-state index contributed by atoms with van der Waals surface area (Å²) in [6.07, 6.45) is 0. The maximum atomic E-state index is 10.7. The van der Waals surface area contributed by atoms with Crippen molar-refractivity contribution >= 4 is 0 Å². The van der Waals surface area contributed by atoms with Gasteiger partial charge in [-0.1, -0.05) is 75.4 Å². The largest absolute Gasteiger partial charge is 0.507 e. The molecule has 0 spiro atoms. The molecule has 0 aliphatic heterocycles.